The van der Waals surface area contributed by atoms with Gasteiger partial charge in [-0.2, -0.15) is 0 Å². The number of rotatable bonds is 4. The van der Waals surface area contributed by atoms with Gasteiger partial charge in [-0.25, -0.2) is 8.78 Å². The number of hydrogen-bond acceptors (Lipinski definition) is 1. The van der Waals surface area contributed by atoms with Gasteiger partial charge in [-0.3, -0.25) is 0 Å². The Morgan fingerprint density at radius 2 is 1.79 bits per heavy atom. The lowest BCUT2D eigenvalue weighted by Gasteiger charge is -2.25. The highest BCUT2D eigenvalue weighted by molar-refractivity contribution is 5.01. The SMILES string of the molecule is NC1(CC(C(F)F)C2CCCC2)CC1. The van der Waals surface area contributed by atoms with Crippen molar-refractivity contribution in [2.24, 2.45) is 17.6 Å². The molecule has 2 aliphatic rings. The van der Waals surface area contributed by atoms with Gasteiger partial charge >= 0.3 is 0 Å². The highest BCUT2D eigenvalue weighted by atomic mass is 19.3. The molecule has 0 bridgehead atoms. The highest BCUT2D eigenvalue weighted by Gasteiger charge is 2.44. The maximum Gasteiger partial charge on any atom is 0.241 e. The van der Waals surface area contributed by atoms with Gasteiger partial charge in [-0.1, -0.05) is 12.8 Å². The van der Waals surface area contributed by atoms with Crippen LogP contribution in [0, 0.1) is 11.8 Å². The second-order valence-electron chi connectivity index (χ2n) is 5.11. The average Bonchev–Trinajstić information content (AvgIpc) is 2.69. The normalized spacial score (nSPS) is 28.3. The lowest BCUT2D eigenvalue weighted by molar-refractivity contribution is 0.0338. The molecule has 2 aliphatic carbocycles. The molecule has 14 heavy (non-hydrogen) atoms. The summed E-state index contributed by atoms with van der Waals surface area (Å²) in [5.41, 5.74) is 5.70. The van der Waals surface area contributed by atoms with Crippen molar-refractivity contribution in [2.45, 2.75) is 56.9 Å². The Labute approximate surface area is 84.0 Å². The first-order valence-electron chi connectivity index (χ1n) is 5.68. The fourth-order valence-electron chi connectivity index (χ4n) is 2.68. The molecule has 2 saturated carbocycles. The first kappa shape index (κ1) is 10.3. The van der Waals surface area contributed by atoms with Crippen LogP contribution in [0.3, 0.4) is 0 Å². The molecule has 0 aromatic heterocycles. The van der Waals surface area contributed by atoms with E-state index < -0.39 is 12.3 Å². The summed E-state index contributed by atoms with van der Waals surface area (Å²) in [6.45, 7) is 0. The standard InChI is InChI=1S/C11H19F2N/c12-10(13)9(7-11(14)5-6-11)8-3-1-2-4-8/h8-10H,1-7,14H2. The monoisotopic (exact) mass is 203 g/mol. The van der Waals surface area contributed by atoms with Crippen molar-refractivity contribution < 1.29 is 8.78 Å². The van der Waals surface area contributed by atoms with Crippen LogP contribution in [-0.2, 0) is 0 Å². The molecule has 2 N–H and O–H groups in total. The van der Waals surface area contributed by atoms with Crippen molar-refractivity contribution in [1.82, 2.24) is 0 Å². The molecule has 1 atom stereocenters. The molecule has 0 radical (unpaired) electrons. The van der Waals surface area contributed by atoms with Crippen LogP contribution in [0.2, 0.25) is 0 Å². The van der Waals surface area contributed by atoms with Gasteiger partial charge in [-0.05, 0) is 38.0 Å². The van der Waals surface area contributed by atoms with E-state index in [1.165, 1.54) is 0 Å². The second kappa shape index (κ2) is 3.76. The van der Waals surface area contributed by atoms with Gasteiger partial charge in [-0.15, -0.1) is 0 Å². The maximum atomic E-state index is 12.9. The Hall–Kier alpha value is -0.180. The van der Waals surface area contributed by atoms with Crippen LogP contribution in [0.1, 0.15) is 44.9 Å². The topological polar surface area (TPSA) is 26.0 Å². The summed E-state index contributed by atoms with van der Waals surface area (Å²) >= 11 is 0. The van der Waals surface area contributed by atoms with E-state index in [1.54, 1.807) is 0 Å². The Morgan fingerprint density at radius 1 is 1.21 bits per heavy atom. The van der Waals surface area contributed by atoms with Crippen molar-refractivity contribution in [1.29, 1.82) is 0 Å². The van der Waals surface area contributed by atoms with E-state index >= 15 is 0 Å². The lowest BCUT2D eigenvalue weighted by Crippen LogP contribution is -2.31. The van der Waals surface area contributed by atoms with Crippen LogP contribution in [0.15, 0.2) is 0 Å². The molecule has 0 saturated heterocycles. The fraction of sp³-hybridized carbons (Fsp3) is 1.00. The quantitative estimate of drug-likeness (QED) is 0.747. The Bertz CT molecular complexity index is 195. The van der Waals surface area contributed by atoms with Gasteiger partial charge in [0.25, 0.3) is 0 Å². The summed E-state index contributed by atoms with van der Waals surface area (Å²) < 4.78 is 25.7. The Balaban J connectivity index is 1.92. The van der Waals surface area contributed by atoms with Crippen LogP contribution in [0.4, 0.5) is 8.78 Å². The molecule has 0 amide bonds. The summed E-state index contributed by atoms with van der Waals surface area (Å²) in [5.74, 6) is -0.180. The van der Waals surface area contributed by atoms with Gasteiger partial charge in [0.05, 0.1) is 0 Å². The minimum absolute atomic E-state index is 0.219. The third-order valence-electron chi connectivity index (χ3n) is 3.86. The zero-order chi connectivity index (χ0) is 10.2. The van der Waals surface area contributed by atoms with Crippen LogP contribution in [0.25, 0.3) is 0 Å². The fourth-order valence-corrected chi connectivity index (χ4v) is 2.68. The van der Waals surface area contributed by atoms with Gasteiger partial charge in [0, 0.05) is 11.5 Å². The smallest absolute Gasteiger partial charge is 0.241 e. The van der Waals surface area contributed by atoms with E-state index in [4.69, 9.17) is 5.73 Å². The molecule has 0 aromatic carbocycles. The van der Waals surface area contributed by atoms with E-state index in [9.17, 15) is 8.78 Å². The van der Waals surface area contributed by atoms with Crippen molar-refractivity contribution >= 4 is 0 Å². The summed E-state index contributed by atoms with van der Waals surface area (Å²) in [4.78, 5) is 0. The number of halogens is 2. The summed E-state index contributed by atoms with van der Waals surface area (Å²) in [7, 11) is 0. The highest BCUT2D eigenvalue weighted by Crippen LogP contribution is 2.45. The Morgan fingerprint density at radius 3 is 2.21 bits per heavy atom. The zero-order valence-corrected chi connectivity index (χ0v) is 8.52. The first-order valence-corrected chi connectivity index (χ1v) is 5.68. The van der Waals surface area contributed by atoms with E-state index in [0.717, 1.165) is 38.5 Å². The average molecular weight is 203 g/mol. The van der Waals surface area contributed by atoms with Crippen LogP contribution in [-0.4, -0.2) is 12.0 Å². The Kier molecular flexibility index (Phi) is 2.78. The van der Waals surface area contributed by atoms with Crippen molar-refractivity contribution in [3.05, 3.63) is 0 Å². The minimum atomic E-state index is -2.17. The summed E-state index contributed by atoms with van der Waals surface area (Å²) in [5, 5.41) is 0. The minimum Gasteiger partial charge on any atom is -0.325 e. The molecular formula is C11H19F2N. The molecule has 0 aromatic rings. The van der Waals surface area contributed by atoms with Crippen molar-refractivity contribution in [3.8, 4) is 0 Å². The van der Waals surface area contributed by atoms with E-state index in [1.807, 2.05) is 0 Å². The van der Waals surface area contributed by atoms with E-state index in [-0.39, 0.29) is 11.5 Å². The van der Waals surface area contributed by atoms with Crippen LogP contribution >= 0.6 is 0 Å². The third kappa shape index (κ3) is 2.25. The van der Waals surface area contributed by atoms with E-state index in [0.29, 0.717) is 6.42 Å². The van der Waals surface area contributed by atoms with Gasteiger partial charge in [0.1, 0.15) is 0 Å². The molecule has 1 nitrogen and oxygen atoms in total. The van der Waals surface area contributed by atoms with Crippen LogP contribution in [0.5, 0.6) is 0 Å². The predicted molar refractivity (Wildman–Crippen MR) is 52.2 cm³/mol. The number of alkyl halides is 2. The number of nitrogens with two attached hydrogens (primary N) is 1. The van der Waals surface area contributed by atoms with Crippen molar-refractivity contribution in [3.63, 3.8) is 0 Å². The summed E-state index contributed by atoms with van der Waals surface area (Å²) in [6.07, 6.45) is 4.52. The van der Waals surface area contributed by atoms with Gasteiger partial charge < -0.3 is 5.73 Å². The molecule has 82 valence electrons. The molecule has 0 aliphatic heterocycles. The van der Waals surface area contributed by atoms with E-state index in [2.05, 4.69) is 0 Å². The lowest BCUT2D eigenvalue weighted by atomic mass is 9.85. The molecule has 3 heteroatoms. The zero-order valence-electron chi connectivity index (χ0n) is 8.52. The first-order chi connectivity index (χ1) is 6.61. The van der Waals surface area contributed by atoms with Crippen LogP contribution < -0.4 is 5.73 Å². The second-order valence-corrected chi connectivity index (χ2v) is 5.11. The summed E-state index contributed by atoms with van der Waals surface area (Å²) in [6, 6.07) is 0. The van der Waals surface area contributed by atoms with Crippen molar-refractivity contribution in [2.75, 3.05) is 0 Å². The molecule has 2 rings (SSSR count). The molecule has 1 unspecified atom stereocenters. The molecule has 0 spiro atoms. The molecular weight excluding hydrogens is 184 g/mol. The molecule has 0 heterocycles. The number of hydrogen-bond donors (Lipinski definition) is 1. The van der Waals surface area contributed by atoms with Gasteiger partial charge in [0.2, 0.25) is 6.43 Å². The molecule has 2 fully saturated rings. The predicted octanol–water partition coefficient (Wildman–Crippen LogP) is 2.94. The van der Waals surface area contributed by atoms with Gasteiger partial charge in [0.15, 0.2) is 0 Å². The maximum absolute atomic E-state index is 12.9. The third-order valence-corrected chi connectivity index (χ3v) is 3.86. The largest absolute Gasteiger partial charge is 0.325 e.